The first-order valence-electron chi connectivity index (χ1n) is 8.03. The first-order valence-corrected chi connectivity index (χ1v) is 8.03. The Bertz CT molecular complexity index is 686. The lowest BCUT2D eigenvalue weighted by Crippen LogP contribution is -2.43. The quantitative estimate of drug-likeness (QED) is 0.853. The van der Waals surface area contributed by atoms with Crippen LogP contribution in [0.3, 0.4) is 0 Å². The van der Waals surface area contributed by atoms with E-state index in [4.69, 9.17) is 4.74 Å². The van der Waals surface area contributed by atoms with Gasteiger partial charge in [0.25, 0.3) is 5.91 Å². The summed E-state index contributed by atoms with van der Waals surface area (Å²) in [6.45, 7) is 1.32. The van der Waals surface area contributed by atoms with Crippen molar-refractivity contribution in [3.63, 3.8) is 0 Å². The molecular formula is C19H19F2NO2. The predicted octanol–water partition coefficient (Wildman–Crippen LogP) is 3.79. The zero-order valence-corrected chi connectivity index (χ0v) is 13.3. The molecule has 0 bridgehead atoms. The average Bonchev–Trinajstić information content (AvgIpc) is 2.59. The van der Waals surface area contributed by atoms with E-state index in [1.807, 2.05) is 18.2 Å². The molecular weight excluding hydrogens is 312 g/mol. The molecule has 1 aliphatic rings. The molecule has 0 spiro atoms. The topological polar surface area (TPSA) is 29.5 Å². The molecule has 1 heterocycles. The van der Waals surface area contributed by atoms with Gasteiger partial charge in [0.2, 0.25) is 0 Å². The highest BCUT2D eigenvalue weighted by atomic mass is 19.1. The number of piperidine rings is 1. The highest BCUT2D eigenvalue weighted by Gasteiger charge is 2.24. The van der Waals surface area contributed by atoms with Gasteiger partial charge >= 0.3 is 0 Å². The van der Waals surface area contributed by atoms with E-state index in [9.17, 15) is 13.6 Å². The molecule has 2 aromatic carbocycles. The molecule has 126 valence electrons. The van der Waals surface area contributed by atoms with E-state index in [0.717, 1.165) is 18.9 Å². The highest BCUT2D eigenvalue weighted by Crippen LogP contribution is 2.18. The molecule has 0 saturated carbocycles. The average molecular weight is 331 g/mol. The summed E-state index contributed by atoms with van der Waals surface area (Å²) in [5, 5.41) is 0. The van der Waals surface area contributed by atoms with Gasteiger partial charge in [-0.15, -0.1) is 0 Å². The summed E-state index contributed by atoms with van der Waals surface area (Å²) in [6.07, 6.45) is 1.55. The number of likely N-dealkylation sites (tertiary alicyclic amines) is 1. The second kappa shape index (κ2) is 7.53. The van der Waals surface area contributed by atoms with Gasteiger partial charge in [-0.2, -0.15) is 0 Å². The molecule has 1 unspecified atom stereocenters. The highest BCUT2D eigenvalue weighted by molar-refractivity contribution is 5.94. The van der Waals surface area contributed by atoms with E-state index in [1.165, 1.54) is 12.1 Å². The number of amides is 1. The molecule has 1 fully saturated rings. The van der Waals surface area contributed by atoms with Gasteiger partial charge in [0, 0.05) is 24.7 Å². The van der Waals surface area contributed by atoms with Crippen LogP contribution in [-0.4, -0.2) is 30.0 Å². The van der Waals surface area contributed by atoms with Crippen LogP contribution in [0.5, 0.6) is 0 Å². The maximum absolute atomic E-state index is 13.2. The van der Waals surface area contributed by atoms with E-state index in [2.05, 4.69) is 0 Å². The van der Waals surface area contributed by atoms with Crippen molar-refractivity contribution in [2.45, 2.75) is 25.6 Å². The van der Waals surface area contributed by atoms with Crippen molar-refractivity contribution in [1.82, 2.24) is 4.90 Å². The van der Waals surface area contributed by atoms with Gasteiger partial charge in [0.1, 0.15) is 11.6 Å². The van der Waals surface area contributed by atoms with Gasteiger partial charge in [-0.05, 0) is 42.7 Å². The van der Waals surface area contributed by atoms with Crippen molar-refractivity contribution in [3.05, 3.63) is 71.3 Å². The lowest BCUT2D eigenvalue weighted by Gasteiger charge is -2.32. The SMILES string of the molecule is O=C(c1ccccc1)N1CCCC(OCc2cc(F)cc(F)c2)C1. The normalized spacial score (nSPS) is 17.8. The smallest absolute Gasteiger partial charge is 0.253 e. The van der Waals surface area contributed by atoms with Gasteiger partial charge < -0.3 is 9.64 Å². The number of rotatable bonds is 4. The van der Waals surface area contributed by atoms with Crippen molar-refractivity contribution in [3.8, 4) is 0 Å². The van der Waals surface area contributed by atoms with E-state index >= 15 is 0 Å². The first kappa shape index (κ1) is 16.6. The van der Waals surface area contributed by atoms with Crippen LogP contribution in [0.2, 0.25) is 0 Å². The van der Waals surface area contributed by atoms with Gasteiger partial charge in [-0.3, -0.25) is 4.79 Å². The number of hydrogen-bond acceptors (Lipinski definition) is 2. The monoisotopic (exact) mass is 331 g/mol. The van der Waals surface area contributed by atoms with Crippen LogP contribution in [-0.2, 0) is 11.3 Å². The molecule has 0 aromatic heterocycles. The Kier molecular flexibility index (Phi) is 5.20. The second-order valence-corrected chi connectivity index (χ2v) is 5.97. The summed E-state index contributed by atoms with van der Waals surface area (Å²) in [4.78, 5) is 14.3. The van der Waals surface area contributed by atoms with Crippen LogP contribution in [0.25, 0.3) is 0 Å². The number of halogens is 2. The van der Waals surface area contributed by atoms with Crippen LogP contribution in [0.15, 0.2) is 48.5 Å². The fourth-order valence-electron chi connectivity index (χ4n) is 2.93. The third kappa shape index (κ3) is 4.17. The van der Waals surface area contributed by atoms with Gasteiger partial charge in [-0.1, -0.05) is 18.2 Å². The molecule has 3 nitrogen and oxygen atoms in total. The minimum Gasteiger partial charge on any atom is -0.372 e. The lowest BCUT2D eigenvalue weighted by molar-refractivity contribution is -0.00686. The molecule has 5 heteroatoms. The van der Waals surface area contributed by atoms with Crippen LogP contribution >= 0.6 is 0 Å². The Labute approximate surface area is 139 Å². The molecule has 3 rings (SSSR count). The molecule has 2 aromatic rings. The standard InChI is InChI=1S/C19H19F2NO2/c20-16-9-14(10-17(21)11-16)13-24-18-7-4-8-22(12-18)19(23)15-5-2-1-3-6-15/h1-3,5-6,9-11,18H,4,7-8,12-13H2. The maximum Gasteiger partial charge on any atom is 0.253 e. The Hall–Kier alpha value is -2.27. The minimum atomic E-state index is -0.613. The summed E-state index contributed by atoms with van der Waals surface area (Å²) in [6, 6.07) is 12.5. The Morgan fingerprint density at radius 1 is 1.12 bits per heavy atom. The fourth-order valence-corrected chi connectivity index (χ4v) is 2.93. The van der Waals surface area contributed by atoms with E-state index < -0.39 is 11.6 Å². The molecule has 0 N–H and O–H groups in total. The van der Waals surface area contributed by atoms with Gasteiger partial charge in [0.15, 0.2) is 0 Å². The van der Waals surface area contributed by atoms with E-state index in [-0.39, 0.29) is 18.6 Å². The van der Waals surface area contributed by atoms with Crippen molar-refractivity contribution >= 4 is 5.91 Å². The van der Waals surface area contributed by atoms with Gasteiger partial charge in [0.05, 0.1) is 12.7 Å². The minimum absolute atomic E-state index is 0.0132. The number of ether oxygens (including phenoxy) is 1. The number of nitrogens with zero attached hydrogens (tertiary/aromatic N) is 1. The Balaban J connectivity index is 1.58. The summed E-state index contributed by atoms with van der Waals surface area (Å²) in [7, 11) is 0. The molecule has 1 atom stereocenters. The third-order valence-corrected chi connectivity index (χ3v) is 4.09. The zero-order valence-electron chi connectivity index (χ0n) is 13.3. The van der Waals surface area contributed by atoms with Crippen LogP contribution in [0, 0.1) is 11.6 Å². The number of carbonyl (C=O) groups is 1. The van der Waals surface area contributed by atoms with E-state index in [1.54, 1.807) is 17.0 Å². The maximum atomic E-state index is 13.2. The molecule has 24 heavy (non-hydrogen) atoms. The van der Waals surface area contributed by atoms with Crippen molar-refractivity contribution in [2.24, 2.45) is 0 Å². The molecule has 1 amide bonds. The number of hydrogen-bond donors (Lipinski definition) is 0. The first-order chi connectivity index (χ1) is 11.6. The Morgan fingerprint density at radius 2 is 1.83 bits per heavy atom. The van der Waals surface area contributed by atoms with Crippen molar-refractivity contribution < 1.29 is 18.3 Å². The number of benzene rings is 2. The second-order valence-electron chi connectivity index (χ2n) is 5.97. The fraction of sp³-hybridized carbons (Fsp3) is 0.316. The summed E-state index contributed by atoms with van der Waals surface area (Å²) < 4.78 is 32.2. The van der Waals surface area contributed by atoms with Gasteiger partial charge in [-0.25, -0.2) is 8.78 Å². The van der Waals surface area contributed by atoms with Crippen LogP contribution in [0.4, 0.5) is 8.78 Å². The largest absolute Gasteiger partial charge is 0.372 e. The molecule has 0 radical (unpaired) electrons. The summed E-state index contributed by atoms with van der Waals surface area (Å²) in [5.74, 6) is -1.24. The molecule has 1 aliphatic heterocycles. The van der Waals surface area contributed by atoms with Crippen molar-refractivity contribution in [2.75, 3.05) is 13.1 Å². The molecule has 1 saturated heterocycles. The summed E-state index contributed by atoms with van der Waals surface area (Å²) >= 11 is 0. The molecule has 0 aliphatic carbocycles. The zero-order chi connectivity index (χ0) is 16.9. The van der Waals surface area contributed by atoms with Crippen LogP contribution < -0.4 is 0 Å². The Morgan fingerprint density at radius 3 is 2.54 bits per heavy atom. The summed E-state index contributed by atoms with van der Waals surface area (Å²) in [5.41, 5.74) is 1.12. The van der Waals surface area contributed by atoms with Crippen LogP contribution in [0.1, 0.15) is 28.8 Å². The third-order valence-electron chi connectivity index (χ3n) is 4.09. The lowest BCUT2D eigenvalue weighted by atomic mass is 10.1. The van der Waals surface area contributed by atoms with E-state index in [0.29, 0.717) is 24.2 Å². The van der Waals surface area contributed by atoms with Crippen molar-refractivity contribution in [1.29, 1.82) is 0 Å². The predicted molar refractivity (Wildman–Crippen MR) is 86.5 cm³/mol. The number of carbonyl (C=O) groups excluding carboxylic acids is 1.